The fourth-order valence-corrected chi connectivity index (χ4v) is 2.06. The lowest BCUT2D eigenvalue weighted by Crippen LogP contribution is -2.24. The van der Waals surface area contributed by atoms with Gasteiger partial charge in [-0.15, -0.1) is 0 Å². The third-order valence-electron chi connectivity index (χ3n) is 3.37. The van der Waals surface area contributed by atoms with Crippen LogP contribution in [0.15, 0.2) is 36.5 Å². The molecular weight excluding hydrogens is 321 g/mol. The van der Waals surface area contributed by atoms with Crippen LogP contribution in [-0.2, 0) is 6.54 Å². The Morgan fingerprint density at radius 1 is 1.32 bits per heavy atom. The highest BCUT2D eigenvalue weighted by Gasteiger charge is 2.13. The SMILES string of the molecule is CCCC#CCOc1cccc(CNC(=O)c2cccnc2N)c1F. The van der Waals surface area contributed by atoms with E-state index in [4.69, 9.17) is 10.5 Å². The molecule has 0 atom stereocenters. The first-order valence-electron chi connectivity index (χ1n) is 7.98. The number of pyridine rings is 1. The largest absolute Gasteiger partial charge is 0.478 e. The molecule has 0 fully saturated rings. The van der Waals surface area contributed by atoms with Gasteiger partial charge in [0, 0.05) is 24.7 Å². The molecule has 0 aliphatic carbocycles. The monoisotopic (exact) mass is 341 g/mol. The van der Waals surface area contributed by atoms with Crippen LogP contribution in [-0.4, -0.2) is 17.5 Å². The third-order valence-corrected chi connectivity index (χ3v) is 3.37. The van der Waals surface area contributed by atoms with E-state index in [2.05, 4.69) is 22.1 Å². The number of nitrogen functional groups attached to an aromatic ring is 1. The van der Waals surface area contributed by atoms with Crippen LogP contribution in [0, 0.1) is 17.7 Å². The number of rotatable bonds is 6. The average molecular weight is 341 g/mol. The molecule has 5 nitrogen and oxygen atoms in total. The zero-order chi connectivity index (χ0) is 18.1. The first kappa shape index (κ1) is 18.3. The number of benzene rings is 1. The number of carbonyl (C=O) groups is 1. The minimum atomic E-state index is -0.515. The zero-order valence-electron chi connectivity index (χ0n) is 14.0. The minimum absolute atomic E-state index is 0.0116. The van der Waals surface area contributed by atoms with Gasteiger partial charge in [0.25, 0.3) is 5.91 Å². The van der Waals surface area contributed by atoms with Crippen LogP contribution in [0.1, 0.15) is 35.7 Å². The van der Waals surface area contributed by atoms with Gasteiger partial charge in [-0.25, -0.2) is 9.37 Å². The van der Waals surface area contributed by atoms with Crippen molar-refractivity contribution >= 4 is 11.7 Å². The maximum Gasteiger partial charge on any atom is 0.255 e. The molecule has 2 rings (SSSR count). The Balaban J connectivity index is 1.99. The maximum atomic E-state index is 14.4. The van der Waals surface area contributed by atoms with E-state index >= 15 is 0 Å². The number of anilines is 1. The van der Waals surface area contributed by atoms with Gasteiger partial charge in [-0.05, 0) is 24.6 Å². The molecule has 25 heavy (non-hydrogen) atoms. The van der Waals surface area contributed by atoms with Crippen LogP contribution < -0.4 is 15.8 Å². The molecule has 6 heteroatoms. The van der Waals surface area contributed by atoms with Crippen molar-refractivity contribution in [1.82, 2.24) is 10.3 Å². The minimum Gasteiger partial charge on any atom is -0.478 e. The first-order valence-corrected chi connectivity index (χ1v) is 7.98. The van der Waals surface area contributed by atoms with E-state index in [9.17, 15) is 9.18 Å². The van der Waals surface area contributed by atoms with Gasteiger partial charge in [0.1, 0.15) is 12.4 Å². The van der Waals surface area contributed by atoms with Crippen molar-refractivity contribution in [2.45, 2.75) is 26.3 Å². The normalized spacial score (nSPS) is 9.84. The molecule has 0 aliphatic rings. The van der Waals surface area contributed by atoms with Crippen molar-refractivity contribution in [3.8, 4) is 17.6 Å². The molecule has 0 bridgehead atoms. The molecule has 1 aromatic heterocycles. The maximum absolute atomic E-state index is 14.4. The van der Waals surface area contributed by atoms with Gasteiger partial charge in [-0.1, -0.05) is 30.9 Å². The van der Waals surface area contributed by atoms with E-state index in [1.54, 1.807) is 24.3 Å². The lowest BCUT2D eigenvalue weighted by Gasteiger charge is -2.10. The molecule has 130 valence electrons. The van der Waals surface area contributed by atoms with Crippen molar-refractivity contribution < 1.29 is 13.9 Å². The number of unbranched alkanes of at least 4 members (excludes halogenated alkanes) is 1. The van der Waals surface area contributed by atoms with Crippen LogP contribution in [0.2, 0.25) is 0 Å². The molecular formula is C19H20FN3O2. The Morgan fingerprint density at radius 2 is 2.16 bits per heavy atom. The second-order valence-electron chi connectivity index (χ2n) is 5.24. The third kappa shape index (κ3) is 5.21. The van der Waals surface area contributed by atoms with Gasteiger partial charge in [0.2, 0.25) is 0 Å². The molecule has 1 amide bonds. The van der Waals surface area contributed by atoms with Crippen LogP contribution in [0.5, 0.6) is 5.75 Å². The summed E-state index contributed by atoms with van der Waals surface area (Å²) in [6, 6.07) is 7.94. The van der Waals surface area contributed by atoms with Gasteiger partial charge in [0.05, 0.1) is 5.56 Å². The van der Waals surface area contributed by atoms with Gasteiger partial charge >= 0.3 is 0 Å². The molecule has 3 N–H and O–H groups in total. The van der Waals surface area contributed by atoms with Gasteiger partial charge in [-0.3, -0.25) is 4.79 Å². The Labute approximate surface area is 146 Å². The number of ether oxygens (including phenoxy) is 1. The molecule has 0 unspecified atom stereocenters. The standard InChI is InChI=1S/C19H20FN3O2/c1-2-3-4-5-12-25-16-10-6-8-14(17(16)20)13-23-19(24)15-9-7-11-22-18(15)21/h6-11H,2-3,12-13H2,1H3,(H2,21,22)(H,23,24). The van der Waals surface area contributed by atoms with E-state index in [0.717, 1.165) is 12.8 Å². The molecule has 2 aromatic rings. The van der Waals surface area contributed by atoms with Crippen LogP contribution in [0.25, 0.3) is 0 Å². The Hall–Kier alpha value is -3.07. The summed E-state index contributed by atoms with van der Waals surface area (Å²) in [5.74, 6) is 5.07. The summed E-state index contributed by atoms with van der Waals surface area (Å²) < 4.78 is 19.8. The number of nitrogens with zero attached hydrogens (tertiary/aromatic N) is 1. The van der Waals surface area contributed by atoms with Crippen molar-refractivity contribution in [3.05, 3.63) is 53.5 Å². The number of hydrogen-bond donors (Lipinski definition) is 2. The Morgan fingerprint density at radius 3 is 2.92 bits per heavy atom. The van der Waals surface area contributed by atoms with Crippen molar-refractivity contribution in [1.29, 1.82) is 0 Å². The summed E-state index contributed by atoms with van der Waals surface area (Å²) in [4.78, 5) is 16.0. The number of nitrogens with two attached hydrogens (primary N) is 1. The molecule has 1 heterocycles. The van der Waals surface area contributed by atoms with E-state index in [0.29, 0.717) is 5.56 Å². The van der Waals surface area contributed by atoms with Crippen LogP contribution in [0.4, 0.5) is 10.2 Å². The Bertz CT molecular complexity index is 797. The average Bonchev–Trinajstić information content (AvgIpc) is 2.62. The fraction of sp³-hybridized carbons (Fsp3) is 0.263. The second-order valence-corrected chi connectivity index (χ2v) is 5.24. The smallest absolute Gasteiger partial charge is 0.255 e. The predicted molar refractivity (Wildman–Crippen MR) is 94.4 cm³/mol. The quantitative estimate of drug-likeness (QED) is 0.792. The highest BCUT2D eigenvalue weighted by molar-refractivity contribution is 5.98. The summed E-state index contributed by atoms with van der Waals surface area (Å²) in [6.07, 6.45) is 3.25. The number of halogens is 1. The van der Waals surface area contributed by atoms with E-state index in [1.165, 1.54) is 12.3 Å². The topological polar surface area (TPSA) is 77.2 Å². The van der Waals surface area contributed by atoms with E-state index in [1.807, 2.05) is 6.92 Å². The highest BCUT2D eigenvalue weighted by atomic mass is 19.1. The first-order chi connectivity index (χ1) is 12.1. The summed E-state index contributed by atoms with van der Waals surface area (Å²) >= 11 is 0. The zero-order valence-corrected chi connectivity index (χ0v) is 14.0. The molecule has 0 saturated heterocycles. The van der Waals surface area contributed by atoms with Gasteiger partial charge in [0.15, 0.2) is 11.6 Å². The summed E-state index contributed by atoms with van der Waals surface area (Å²) in [6.45, 7) is 2.17. The van der Waals surface area contributed by atoms with E-state index < -0.39 is 11.7 Å². The van der Waals surface area contributed by atoms with Crippen molar-refractivity contribution in [2.75, 3.05) is 12.3 Å². The van der Waals surface area contributed by atoms with Gasteiger partial charge in [-0.2, -0.15) is 0 Å². The second kappa shape index (κ2) is 9.28. The number of carbonyl (C=O) groups excluding carboxylic acids is 1. The van der Waals surface area contributed by atoms with Crippen molar-refractivity contribution in [3.63, 3.8) is 0 Å². The Kier molecular flexibility index (Phi) is 6.78. The number of aromatic nitrogens is 1. The number of amides is 1. The summed E-state index contributed by atoms with van der Waals surface area (Å²) in [5, 5.41) is 2.63. The number of nitrogens with one attached hydrogen (secondary N) is 1. The predicted octanol–water partition coefficient (Wildman–Crippen LogP) is 2.92. The lowest BCUT2D eigenvalue weighted by atomic mass is 10.2. The lowest BCUT2D eigenvalue weighted by molar-refractivity contribution is 0.0951. The van der Waals surface area contributed by atoms with E-state index in [-0.39, 0.29) is 30.3 Å². The fourth-order valence-electron chi connectivity index (χ4n) is 2.06. The van der Waals surface area contributed by atoms with Crippen molar-refractivity contribution in [2.24, 2.45) is 0 Å². The summed E-state index contributed by atoms with van der Waals surface area (Å²) in [7, 11) is 0. The molecule has 0 aliphatic heterocycles. The van der Waals surface area contributed by atoms with Crippen LogP contribution in [0.3, 0.4) is 0 Å². The highest BCUT2D eigenvalue weighted by Crippen LogP contribution is 2.20. The molecule has 0 saturated carbocycles. The molecule has 0 spiro atoms. The molecule has 1 aromatic carbocycles. The van der Waals surface area contributed by atoms with Crippen LogP contribution >= 0.6 is 0 Å². The number of hydrogen-bond acceptors (Lipinski definition) is 4. The molecule has 0 radical (unpaired) electrons. The van der Waals surface area contributed by atoms with Gasteiger partial charge < -0.3 is 15.8 Å². The summed E-state index contributed by atoms with van der Waals surface area (Å²) in [5.41, 5.74) is 6.22.